The van der Waals surface area contributed by atoms with Gasteiger partial charge in [-0.3, -0.25) is 14.4 Å². The van der Waals surface area contributed by atoms with Crippen molar-refractivity contribution in [1.29, 1.82) is 0 Å². The van der Waals surface area contributed by atoms with Crippen LogP contribution in [0.1, 0.15) is 53.4 Å². The highest BCUT2D eigenvalue weighted by atomic mass is 16.2. The highest BCUT2D eigenvalue weighted by Crippen LogP contribution is 2.11. The Labute approximate surface area is 150 Å². The fourth-order valence-electron chi connectivity index (χ4n) is 2.31. The molecule has 4 nitrogen and oxygen atoms in total. The van der Waals surface area contributed by atoms with Gasteiger partial charge in [0.15, 0.2) is 5.78 Å². The molecular weight excluding hydrogens is 314 g/mol. The summed E-state index contributed by atoms with van der Waals surface area (Å²) in [5.41, 5.74) is 3.63. The first-order valence-corrected chi connectivity index (χ1v) is 8.53. The van der Waals surface area contributed by atoms with Gasteiger partial charge in [0.05, 0.1) is 5.70 Å². The summed E-state index contributed by atoms with van der Waals surface area (Å²) < 4.78 is 0. The van der Waals surface area contributed by atoms with E-state index in [-0.39, 0.29) is 23.2 Å². The molecule has 0 bridgehead atoms. The molecule has 134 valence electrons. The van der Waals surface area contributed by atoms with E-state index in [1.54, 1.807) is 0 Å². The predicted molar refractivity (Wildman–Crippen MR) is 101 cm³/mol. The van der Waals surface area contributed by atoms with Crippen LogP contribution < -0.4 is 5.32 Å². The third-order valence-electron chi connectivity index (χ3n) is 3.71. The average molecular weight is 341 g/mol. The number of carbonyl (C=O) groups is 3. The molecule has 0 aromatic rings. The van der Waals surface area contributed by atoms with Crippen LogP contribution in [0.15, 0.2) is 58.9 Å². The molecule has 1 aliphatic carbocycles. The lowest BCUT2D eigenvalue weighted by Gasteiger charge is -2.07. The standard InChI is InChI=1S/C21H27NO3/c1-15(2)7-5-8-16(3)9-6-10-17(4)13-21(25)22-19-14-18(23)11-12-20(19)24/h7,9,11-14H,5-6,8,10H2,1-4H3,(H,22,25). The van der Waals surface area contributed by atoms with E-state index in [0.29, 0.717) is 0 Å². The SMILES string of the molecule is CC(C)=CCCC(C)=CCCC(C)=CC(=O)NC1=CC(=O)C=CC1=O. The lowest BCUT2D eigenvalue weighted by atomic mass is 10.1. The normalized spacial score (nSPS) is 15.1. The Balaban J connectivity index is 2.44. The number of allylic oxidation sites excluding steroid dienone is 8. The van der Waals surface area contributed by atoms with E-state index in [0.717, 1.165) is 43.4 Å². The van der Waals surface area contributed by atoms with Gasteiger partial charge in [0.2, 0.25) is 11.7 Å². The van der Waals surface area contributed by atoms with E-state index < -0.39 is 0 Å². The molecule has 0 heterocycles. The summed E-state index contributed by atoms with van der Waals surface area (Å²) in [6, 6.07) is 0. The smallest absolute Gasteiger partial charge is 0.248 e. The Hall–Kier alpha value is -2.49. The van der Waals surface area contributed by atoms with Crippen LogP contribution in [0.2, 0.25) is 0 Å². The molecule has 1 amide bonds. The minimum absolute atomic E-state index is 0.0246. The zero-order valence-corrected chi connectivity index (χ0v) is 15.5. The molecular formula is C21H27NO3. The Morgan fingerprint density at radius 2 is 1.60 bits per heavy atom. The fourth-order valence-corrected chi connectivity index (χ4v) is 2.31. The molecule has 0 saturated carbocycles. The number of nitrogens with one attached hydrogen (secondary N) is 1. The maximum Gasteiger partial charge on any atom is 0.248 e. The van der Waals surface area contributed by atoms with Crippen molar-refractivity contribution in [1.82, 2.24) is 5.32 Å². The van der Waals surface area contributed by atoms with Crippen LogP contribution in [0, 0.1) is 0 Å². The molecule has 1 N–H and O–H groups in total. The molecule has 0 unspecified atom stereocenters. The molecule has 25 heavy (non-hydrogen) atoms. The molecule has 1 rings (SSSR count). The van der Waals surface area contributed by atoms with Crippen LogP contribution >= 0.6 is 0 Å². The van der Waals surface area contributed by atoms with Gasteiger partial charge in [-0.25, -0.2) is 0 Å². The second kappa shape index (κ2) is 10.4. The maximum absolute atomic E-state index is 11.9. The summed E-state index contributed by atoms with van der Waals surface area (Å²) in [6.45, 7) is 8.20. The molecule has 0 aliphatic heterocycles. The van der Waals surface area contributed by atoms with Crippen LogP contribution in [-0.2, 0) is 14.4 Å². The Bertz CT molecular complexity index is 684. The molecule has 0 aromatic carbocycles. The lowest BCUT2D eigenvalue weighted by Crippen LogP contribution is -2.27. The molecule has 0 fully saturated rings. The number of amides is 1. The van der Waals surface area contributed by atoms with Crippen molar-refractivity contribution in [2.45, 2.75) is 53.4 Å². The second-order valence-electron chi connectivity index (χ2n) is 6.55. The first-order valence-electron chi connectivity index (χ1n) is 8.53. The quantitative estimate of drug-likeness (QED) is 0.410. The van der Waals surface area contributed by atoms with Crippen LogP contribution in [0.5, 0.6) is 0 Å². The van der Waals surface area contributed by atoms with Gasteiger partial charge in [0.1, 0.15) is 0 Å². The third-order valence-corrected chi connectivity index (χ3v) is 3.71. The third kappa shape index (κ3) is 8.80. The van der Waals surface area contributed by atoms with Crippen molar-refractivity contribution < 1.29 is 14.4 Å². The van der Waals surface area contributed by atoms with Gasteiger partial charge in [-0.1, -0.05) is 28.9 Å². The van der Waals surface area contributed by atoms with Gasteiger partial charge in [0, 0.05) is 12.2 Å². The number of carbonyl (C=O) groups excluding carboxylic acids is 3. The van der Waals surface area contributed by atoms with Crippen LogP contribution in [0.4, 0.5) is 0 Å². The average Bonchev–Trinajstić information content (AvgIpc) is 2.50. The number of ketones is 2. The van der Waals surface area contributed by atoms with E-state index in [4.69, 9.17) is 0 Å². The maximum atomic E-state index is 11.9. The summed E-state index contributed by atoms with van der Waals surface area (Å²) in [6.07, 6.45) is 13.1. The Kier molecular flexibility index (Phi) is 8.54. The number of hydrogen-bond donors (Lipinski definition) is 1. The Morgan fingerprint density at radius 1 is 0.960 bits per heavy atom. The van der Waals surface area contributed by atoms with E-state index in [2.05, 4.69) is 38.2 Å². The molecule has 0 spiro atoms. The van der Waals surface area contributed by atoms with E-state index in [9.17, 15) is 14.4 Å². The highest BCUT2D eigenvalue weighted by molar-refractivity contribution is 6.18. The molecule has 4 heteroatoms. The first kappa shape index (κ1) is 20.6. The zero-order chi connectivity index (χ0) is 18.8. The highest BCUT2D eigenvalue weighted by Gasteiger charge is 2.14. The van der Waals surface area contributed by atoms with E-state index >= 15 is 0 Å². The summed E-state index contributed by atoms with van der Waals surface area (Å²) in [5, 5.41) is 2.47. The lowest BCUT2D eigenvalue weighted by molar-refractivity contribution is -0.119. The summed E-state index contributed by atoms with van der Waals surface area (Å²) in [4.78, 5) is 34.8. The van der Waals surface area contributed by atoms with Crippen molar-refractivity contribution in [2.24, 2.45) is 0 Å². The van der Waals surface area contributed by atoms with E-state index in [1.165, 1.54) is 23.3 Å². The van der Waals surface area contributed by atoms with Crippen molar-refractivity contribution in [3.8, 4) is 0 Å². The second-order valence-corrected chi connectivity index (χ2v) is 6.55. The molecule has 0 radical (unpaired) electrons. The van der Waals surface area contributed by atoms with Gasteiger partial charge in [-0.15, -0.1) is 0 Å². The predicted octanol–water partition coefficient (Wildman–Crippen LogP) is 4.11. The monoisotopic (exact) mass is 341 g/mol. The molecule has 0 saturated heterocycles. The van der Waals surface area contributed by atoms with E-state index in [1.807, 2.05) is 6.92 Å². The van der Waals surface area contributed by atoms with Gasteiger partial charge in [0.25, 0.3) is 0 Å². The van der Waals surface area contributed by atoms with Crippen LogP contribution in [0.3, 0.4) is 0 Å². The number of rotatable bonds is 8. The van der Waals surface area contributed by atoms with Gasteiger partial charge < -0.3 is 5.32 Å². The van der Waals surface area contributed by atoms with Crippen molar-refractivity contribution in [3.05, 3.63) is 58.9 Å². The largest absolute Gasteiger partial charge is 0.319 e. The summed E-state index contributed by atoms with van der Waals surface area (Å²) in [7, 11) is 0. The van der Waals surface area contributed by atoms with Crippen LogP contribution in [-0.4, -0.2) is 17.5 Å². The molecule has 1 aliphatic rings. The van der Waals surface area contributed by atoms with Crippen molar-refractivity contribution >= 4 is 17.5 Å². The first-order chi connectivity index (χ1) is 11.8. The molecule has 0 atom stereocenters. The van der Waals surface area contributed by atoms with Gasteiger partial charge >= 0.3 is 0 Å². The van der Waals surface area contributed by atoms with Gasteiger partial charge in [-0.2, -0.15) is 0 Å². The summed E-state index contributed by atoms with van der Waals surface area (Å²) in [5.74, 6) is -1.05. The van der Waals surface area contributed by atoms with Crippen molar-refractivity contribution in [3.63, 3.8) is 0 Å². The van der Waals surface area contributed by atoms with Crippen molar-refractivity contribution in [2.75, 3.05) is 0 Å². The topological polar surface area (TPSA) is 63.2 Å². The van der Waals surface area contributed by atoms with Gasteiger partial charge in [-0.05, 0) is 65.5 Å². The summed E-state index contributed by atoms with van der Waals surface area (Å²) >= 11 is 0. The Morgan fingerprint density at radius 3 is 2.28 bits per heavy atom. The minimum Gasteiger partial charge on any atom is -0.319 e. The minimum atomic E-state index is -0.385. The fraction of sp³-hybridized carbons (Fsp3) is 0.381. The number of hydrogen-bond acceptors (Lipinski definition) is 3. The zero-order valence-electron chi connectivity index (χ0n) is 15.5. The molecule has 0 aromatic heterocycles. The van der Waals surface area contributed by atoms with Crippen LogP contribution in [0.25, 0.3) is 0 Å².